The third-order valence-corrected chi connectivity index (χ3v) is 3.82. The highest BCUT2D eigenvalue weighted by molar-refractivity contribution is 8.01. The highest BCUT2D eigenvalue weighted by atomic mass is 32.2. The van der Waals surface area contributed by atoms with E-state index in [1.165, 1.54) is 0 Å². The van der Waals surface area contributed by atoms with Crippen LogP contribution in [0.4, 0.5) is 0 Å². The molecule has 0 heterocycles. The lowest BCUT2D eigenvalue weighted by atomic mass is 10.1. The summed E-state index contributed by atoms with van der Waals surface area (Å²) in [5.41, 5.74) is 2.14. The molecule has 1 aromatic rings. The van der Waals surface area contributed by atoms with Crippen LogP contribution in [0.3, 0.4) is 0 Å². The average Bonchev–Trinajstić information content (AvgIpc) is 2.26. The van der Waals surface area contributed by atoms with E-state index in [1.54, 1.807) is 18.9 Å². The number of benzene rings is 1. The molecule has 0 bridgehead atoms. The number of rotatable bonds is 5. The van der Waals surface area contributed by atoms with Crippen molar-refractivity contribution in [3.8, 4) is 5.75 Å². The van der Waals surface area contributed by atoms with E-state index in [0.29, 0.717) is 12.2 Å². The van der Waals surface area contributed by atoms with E-state index in [1.807, 2.05) is 25.1 Å². The first-order chi connectivity index (χ1) is 8.31. The van der Waals surface area contributed by atoms with Gasteiger partial charge in [-0.2, -0.15) is 0 Å². The summed E-state index contributed by atoms with van der Waals surface area (Å²) in [6.45, 7) is 8.39. The van der Waals surface area contributed by atoms with Gasteiger partial charge in [-0.05, 0) is 13.0 Å². The molecule has 0 fully saturated rings. The molecular weight excluding hydrogens is 244 g/mol. The number of carbonyl (C=O) groups excluding carboxylic acids is 1. The Morgan fingerprint density at radius 1 is 1.33 bits per heavy atom. The van der Waals surface area contributed by atoms with E-state index in [4.69, 9.17) is 4.74 Å². The van der Waals surface area contributed by atoms with Crippen molar-refractivity contribution < 1.29 is 9.53 Å². The largest absolute Gasteiger partial charge is 0.496 e. The predicted octanol–water partition coefficient (Wildman–Crippen LogP) is 3.65. The quantitative estimate of drug-likeness (QED) is 0.814. The van der Waals surface area contributed by atoms with Crippen LogP contribution >= 0.6 is 11.8 Å². The van der Waals surface area contributed by atoms with Crippen molar-refractivity contribution in [3.63, 3.8) is 0 Å². The summed E-state index contributed by atoms with van der Waals surface area (Å²) in [5, 5.41) is 0. The second-order valence-electron chi connectivity index (χ2n) is 5.43. The Morgan fingerprint density at radius 3 is 2.56 bits per heavy atom. The number of hydrogen-bond donors (Lipinski definition) is 0. The van der Waals surface area contributed by atoms with Crippen molar-refractivity contribution in [2.24, 2.45) is 0 Å². The first-order valence-electron chi connectivity index (χ1n) is 6.11. The standard InChI is InChI=1S/C15H22O2S/c1-11-6-7-14(17-5)12(8-11)9-13(16)10-18-15(2,3)4/h6-8H,9-10H2,1-5H3. The van der Waals surface area contributed by atoms with Crippen molar-refractivity contribution in [1.82, 2.24) is 0 Å². The topological polar surface area (TPSA) is 26.3 Å². The molecule has 0 aliphatic carbocycles. The number of hydrogen-bond acceptors (Lipinski definition) is 3. The number of thioether (sulfide) groups is 1. The lowest BCUT2D eigenvalue weighted by Crippen LogP contribution is -2.14. The molecule has 100 valence electrons. The summed E-state index contributed by atoms with van der Waals surface area (Å²) in [7, 11) is 1.64. The monoisotopic (exact) mass is 266 g/mol. The number of Topliss-reactive ketones (excluding diaryl/α,β-unsaturated/α-hetero) is 1. The Morgan fingerprint density at radius 2 is 2.00 bits per heavy atom. The molecule has 0 saturated heterocycles. The van der Waals surface area contributed by atoms with Crippen LogP contribution in [0, 0.1) is 6.92 Å². The first-order valence-corrected chi connectivity index (χ1v) is 7.09. The van der Waals surface area contributed by atoms with Crippen molar-refractivity contribution in [3.05, 3.63) is 29.3 Å². The molecule has 0 aliphatic rings. The molecule has 18 heavy (non-hydrogen) atoms. The van der Waals surface area contributed by atoms with E-state index in [9.17, 15) is 4.79 Å². The summed E-state index contributed by atoms with van der Waals surface area (Å²) >= 11 is 1.69. The Hall–Kier alpha value is -0.960. The highest BCUT2D eigenvalue weighted by Crippen LogP contribution is 2.25. The Bertz CT molecular complexity index is 419. The van der Waals surface area contributed by atoms with Crippen LogP contribution in [-0.4, -0.2) is 23.4 Å². The number of aryl methyl sites for hydroxylation is 1. The molecule has 0 aliphatic heterocycles. The molecular formula is C15H22O2S. The van der Waals surface area contributed by atoms with Crippen molar-refractivity contribution >= 4 is 17.5 Å². The maximum atomic E-state index is 12.0. The summed E-state index contributed by atoms with van der Waals surface area (Å²) in [6.07, 6.45) is 0.452. The second-order valence-corrected chi connectivity index (χ2v) is 7.23. The number of carbonyl (C=O) groups is 1. The van der Waals surface area contributed by atoms with Gasteiger partial charge in [0.1, 0.15) is 11.5 Å². The minimum Gasteiger partial charge on any atom is -0.496 e. The van der Waals surface area contributed by atoms with Gasteiger partial charge in [0.05, 0.1) is 12.9 Å². The fourth-order valence-corrected chi connectivity index (χ4v) is 2.30. The molecule has 0 unspecified atom stereocenters. The van der Waals surface area contributed by atoms with E-state index >= 15 is 0 Å². The molecule has 2 nitrogen and oxygen atoms in total. The van der Waals surface area contributed by atoms with Crippen LogP contribution in [0.1, 0.15) is 31.9 Å². The van der Waals surface area contributed by atoms with E-state index < -0.39 is 0 Å². The maximum absolute atomic E-state index is 12.0. The number of ketones is 1. The summed E-state index contributed by atoms with van der Waals surface area (Å²) in [6, 6.07) is 5.95. The third-order valence-electron chi connectivity index (χ3n) is 2.49. The molecule has 0 spiro atoms. The van der Waals surface area contributed by atoms with Gasteiger partial charge in [-0.15, -0.1) is 11.8 Å². The Labute approximate surface area is 114 Å². The zero-order valence-electron chi connectivity index (χ0n) is 11.9. The van der Waals surface area contributed by atoms with Gasteiger partial charge in [-0.1, -0.05) is 38.5 Å². The van der Waals surface area contributed by atoms with E-state index in [2.05, 4.69) is 20.8 Å². The molecule has 0 saturated carbocycles. The molecule has 1 aromatic carbocycles. The lowest BCUT2D eigenvalue weighted by Gasteiger charge is -2.17. The van der Waals surface area contributed by atoms with Crippen molar-refractivity contribution in [2.45, 2.75) is 38.9 Å². The zero-order valence-corrected chi connectivity index (χ0v) is 12.7. The molecule has 0 aromatic heterocycles. The molecule has 3 heteroatoms. The van der Waals surface area contributed by atoms with Gasteiger partial charge in [0.2, 0.25) is 0 Å². The minimum atomic E-state index is 0.131. The summed E-state index contributed by atoms with van der Waals surface area (Å²) < 4.78 is 5.42. The van der Waals surface area contributed by atoms with Crippen molar-refractivity contribution in [1.29, 1.82) is 0 Å². The fraction of sp³-hybridized carbons (Fsp3) is 0.533. The molecule has 0 radical (unpaired) electrons. The van der Waals surface area contributed by atoms with Gasteiger partial charge < -0.3 is 4.74 Å². The Kier molecular flexibility index (Phi) is 5.27. The molecule has 0 amide bonds. The van der Waals surface area contributed by atoms with Gasteiger partial charge >= 0.3 is 0 Å². The van der Waals surface area contributed by atoms with Gasteiger partial charge in [0.25, 0.3) is 0 Å². The smallest absolute Gasteiger partial charge is 0.147 e. The van der Waals surface area contributed by atoms with Gasteiger partial charge in [-0.25, -0.2) is 0 Å². The second kappa shape index (κ2) is 6.28. The van der Waals surface area contributed by atoms with E-state index in [-0.39, 0.29) is 10.5 Å². The first kappa shape index (κ1) is 15.1. The predicted molar refractivity (Wildman–Crippen MR) is 78.7 cm³/mol. The van der Waals surface area contributed by atoms with Crippen molar-refractivity contribution in [2.75, 3.05) is 12.9 Å². The maximum Gasteiger partial charge on any atom is 0.147 e. The fourth-order valence-electron chi connectivity index (χ4n) is 1.61. The zero-order chi connectivity index (χ0) is 13.8. The molecule has 1 rings (SSSR count). The van der Waals surface area contributed by atoms with Crippen LogP contribution in [-0.2, 0) is 11.2 Å². The SMILES string of the molecule is COc1ccc(C)cc1CC(=O)CSC(C)(C)C. The van der Waals surface area contributed by atoms with Crippen LogP contribution in [0.5, 0.6) is 5.75 Å². The summed E-state index contributed by atoms with van der Waals surface area (Å²) in [4.78, 5) is 12.0. The minimum absolute atomic E-state index is 0.131. The normalized spacial score (nSPS) is 11.4. The number of methoxy groups -OCH3 is 1. The molecule has 0 atom stereocenters. The van der Waals surface area contributed by atoms with Crippen LogP contribution < -0.4 is 4.74 Å². The molecule has 0 N–H and O–H groups in total. The van der Waals surface area contributed by atoms with Crippen LogP contribution in [0.15, 0.2) is 18.2 Å². The summed E-state index contributed by atoms with van der Waals surface area (Å²) in [5.74, 6) is 1.61. The highest BCUT2D eigenvalue weighted by Gasteiger charge is 2.15. The van der Waals surface area contributed by atoms with Gasteiger partial charge in [-0.3, -0.25) is 4.79 Å². The number of ether oxygens (including phenoxy) is 1. The van der Waals surface area contributed by atoms with Gasteiger partial charge in [0, 0.05) is 16.7 Å². The Balaban J connectivity index is 2.66. The van der Waals surface area contributed by atoms with Gasteiger partial charge in [0.15, 0.2) is 0 Å². The lowest BCUT2D eigenvalue weighted by molar-refractivity contribution is -0.116. The average molecular weight is 266 g/mol. The third kappa shape index (κ3) is 5.13. The van der Waals surface area contributed by atoms with Crippen LogP contribution in [0.2, 0.25) is 0 Å². The van der Waals surface area contributed by atoms with E-state index in [0.717, 1.165) is 16.9 Å². The van der Waals surface area contributed by atoms with Crippen LogP contribution in [0.25, 0.3) is 0 Å².